The second kappa shape index (κ2) is 9.26. The summed E-state index contributed by atoms with van der Waals surface area (Å²) < 4.78 is 5.19. The minimum atomic E-state index is -0.118. The Bertz CT molecular complexity index is 1070. The predicted octanol–water partition coefficient (Wildman–Crippen LogP) is 4.89. The van der Waals surface area contributed by atoms with Crippen LogP contribution >= 0.6 is 0 Å². The van der Waals surface area contributed by atoms with Crippen molar-refractivity contribution in [2.75, 3.05) is 20.2 Å². The maximum absolute atomic E-state index is 13.2. The van der Waals surface area contributed by atoms with Gasteiger partial charge in [-0.3, -0.25) is 9.59 Å². The number of rotatable bonds is 4. The summed E-state index contributed by atoms with van der Waals surface area (Å²) in [5.41, 5.74) is 3.63. The van der Waals surface area contributed by atoms with E-state index in [2.05, 4.69) is 0 Å². The number of ketones is 1. The number of carbonyl (C=O) groups is 2. The lowest BCUT2D eigenvalue weighted by Crippen LogP contribution is -2.41. The molecular formula is C27H23NO3. The molecule has 31 heavy (non-hydrogen) atoms. The first kappa shape index (κ1) is 20.4. The zero-order valence-electron chi connectivity index (χ0n) is 17.3. The molecule has 1 saturated heterocycles. The first-order chi connectivity index (χ1) is 15.1. The van der Waals surface area contributed by atoms with Gasteiger partial charge in [-0.25, -0.2) is 0 Å². The lowest BCUT2D eigenvalue weighted by molar-refractivity contribution is -0.113. The Morgan fingerprint density at radius 1 is 0.774 bits per heavy atom. The quantitative estimate of drug-likeness (QED) is 0.577. The molecular weight excluding hydrogens is 386 g/mol. The number of piperidine rings is 1. The zero-order valence-corrected chi connectivity index (χ0v) is 17.3. The highest BCUT2D eigenvalue weighted by Gasteiger charge is 2.29. The van der Waals surface area contributed by atoms with Gasteiger partial charge >= 0.3 is 0 Å². The average Bonchev–Trinajstić information content (AvgIpc) is 2.82. The van der Waals surface area contributed by atoms with E-state index in [1.54, 1.807) is 36.3 Å². The summed E-state index contributed by atoms with van der Waals surface area (Å²) in [5, 5.41) is 0. The number of amides is 1. The maximum atomic E-state index is 13.2. The summed E-state index contributed by atoms with van der Waals surface area (Å²) in [6.45, 7) is 0.537. The van der Waals surface area contributed by atoms with E-state index in [0.717, 1.165) is 11.1 Å². The van der Waals surface area contributed by atoms with Gasteiger partial charge in [0.1, 0.15) is 5.75 Å². The van der Waals surface area contributed by atoms with Crippen molar-refractivity contribution in [1.29, 1.82) is 0 Å². The molecule has 1 heterocycles. The highest BCUT2D eigenvalue weighted by Crippen LogP contribution is 2.24. The molecule has 0 spiro atoms. The summed E-state index contributed by atoms with van der Waals surface area (Å²) in [6, 6.07) is 26.4. The fraction of sp³-hybridized carbons (Fsp3) is 0.111. The smallest absolute Gasteiger partial charge is 0.254 e. The van der Waals surface area contributed by atoms with Gasteiger partial charge in [0.2, 0.25) is 0 Å². The van der Waals surface area contributed by atoms with E-state index in [1.807, 2.05) is 72.8 Å². The molecule has 0 radical (unpaired) electrons. The van der Waals surface area contributed by atoms with E-state index in [-0.39, 0.29) is 24.8 Å². The first-order valence-corrected chi connectivity index (χ1v) is 10.1. The van der Waals surface area contributed by atoms with Crippen LogP contribution in [0.3, 0.4) is 0 Å². The van der Waals surface area contributed by atoms with E-state index in [0.29, 0.717) is 22.5 Å². The lowest BCUT2D eigenvalue weighted by atomic mass is 9.93. The van der Waals surface area contributed by atoms with E-state index in [1.165, 1.54) is 0 Å². The van der Waals surface area contributed by atoms with Gasteiger partial charge in [-0.05, 0) is 47.5 Å². The molecule has 154 valence electrons. The number of methoxy groups -OCH3 is 1. The third-order valence-electron chi connectivity index (χ3n) is 5.21. The number of likely N-dealkylation sites (tertiary alicyclic amines) is 1. The van der Waals surface area contributed by atoms with Crippen molar-refractivity contribution in [3.63, 3.8) is 0 Å². The third kappa shape index (κ3) is 4.81. The molecule has 0 N–H and O–H groups in total. The molecule has 0 aliphatic carbocycles. The van der Waals surface area contributed by atoms with Crippen LogP contribution in [0, 0.1) is 0 Å². The molecule has 4 nitrogen and oxygen atoms in total. The van der Waals surface area contributed by atoms with Gasteiger partial charge in [0, 0.05) is 16.7 Å². The molecule has 3 aromatic carbocycles. The van der Waals surface area contributed by atoms with Crippen molar-refractivity contribution < 1.29 is 14.3 Å². The number of hydrogen-bond acceptors (Lipinski definition) is 3. The van der Waals surface area contributed by atoms with Gasteiger partial charge in [0.15, 0.2) is 5.78 Å². The Labute approximate surface area is 182 Å². The Hall–Kier alpha value is -3.92. The number of ether oxygens (including phenoxy) is 1. The van der Waals surface area contributed by atoms with Crippen molar-refractivity contribution in [3.05, 3.63) is 113 Å². The van der Waals surface area contributed by atoms with Crippen LogP contribution in [0.4, 0.5) is 0 Å². The van der Waals surface area contributed by atoms with Crippen LogP contribution in [0.2, 0.25) is 0 Å². The zero-order chi connectivity index (χ0) is 21.6. The number of carbonyl (C=O) groups excluding carboxylic acids is 2. The fourth-order valence-corrected chi connectivity index (χ4v) is 3.60. The minimum Gasteiger partial charge on any atom is -0.497 e. The molecule has 4 heteroatoms. The molecule has 1 fully saturated rings. The van der Waals surface area contributed by atoms with Crippen LogP contribution in [0.1, 0.15) is 21.5 Å². The summed E-state index contributed by atoms with van der Waals surface area (Å²) >= 11 is 0. The second-order valence-corrected chi connectivity index (χ2v) is 7.38. The van der Waals surface area contributed by atoms with E-state index >= 15 is 0 Å². The van der Waals surface area contributed by atoms with Gasteiger partial charge in [-0.2, -0.15) is 0 Å². The third-order valence-corrected chi connectivity index (χ3v) is 5.21. The van der Waals surface area contributed by atoms with Gasteiger partial charge in [-0.15, -0.1) is 0 Å². The Morgan fingerprint density at radius 3 is 1.71 bits per heavy atom. The lowest BCUT2D eigenvalue weighted by Gasteiger charge is -2.30. The van der Waals surface area contributed by atoms with Gasteiger partial charge < -0.3 is 9.64 Å². The van der Waals surface area contributed by atoms with E-state index in [9.17, 15) is 9.59 Å². The van der Waals surface area contributed by atoms with Crippen LogP contribution in [0.25, 0.3) is 12.2 Å². The monoisotopic (exact) mass is 409 g/mol. The topological polar surface area (TPSA) is 46.6 Å². The van der Waals surface area contributed by atoms with E-state index in [4.69, 9.17) is 4.74 Å². The van der Waals surface area contributed by atoms with Crippen molar-refractivity contribution >= 4 is 23.8 Å². The van der Waals surface area contributed by atoms with Crippen molar-refractivity contribution in [3.8, 4) is 5.75 Å². The highest BCUT2D eigenvalue weighted by atomic mass is 16.5. The highest BCUT2D eigenvalue weighted by molar-refractivity contribution is 6.15. The molecule has 0 unspecified atom stereocenters. The molecule has 4 rings (SSSR count). The standard InChI is InChI=1S/C27H23NO3/c1-31-25-14-12-22(13-15-25)27(30)28-18-23(16-20-8-4-2-5-9-20)26(29)24(19-28)17-21-10-6-3-7-11-21/h2-17H,18-19H2,1H3/b23-16-,24-17+. The number of nitrogens with zero attached hydrogens (tertiary/aromatic N) is 1. The first-order valence-electron chi connectivity index (χ1n) is 10.1. The molecule has 3 aromatic rings. The van der Waals surface area contributed by atoms with Gasteiger partial charge in [0.05, 0.1) is 20.2 Å². The van der Waals surface area contributed by atoms with Crippen molar-refractivity contribution in [2.45, 2.75) is 0 Å². The maximum Gasteiger partial charge on any atom is 0.254 e. The number of Topliss-reactive ketones (excluding diaryl/α,β-unsaturated/α-hetero) is 1. The SMILES string of the molecule is COc1ccc(C(=O)N2C/C(=C/c3ccccc3)C(=O)/C(=C/c3ccccc3)C2)cc1. The molecule has 0 bridgehead atoms. The summed E-state index contributed by atoms with van der Waals surface area (Å²) in [7, 11) is 1.59. The van der Waals surface area contributed by atoms with Crippen LogP contribution in [-0.2, 0) is 4.79 Å². The second-order valence-electron chi connectivity index (χ2n) is 7.38. The van der Waals surface area contributed by atoms with Crippen LogP contribution in [0.5, 0.6) is 5.75 Å². The van der Waals surface area contributed by atoms with E-state index < -0.39 is 0 Å². The summed E-state index contributed by atoms with van der Waals surface area (Å²) in [6.07, 6.45) is 3.74. The summed E-state index contributed by atoms with van der Waals surface area (Å²) in [5.74, 6) is 0.555. The normalized spacial score (nSPS) is 16.5. The summed E-state index contributed by atoms with van der Waals surface area (Å²) in [4.78, 5) is 28.2. The largest absolute Gasteiger partial charge is 0.497 e. The van der Waals surface area contributed by atoms with Crippen LogP contribution in [0.15, 0.2) is 96.1 Å². The Morgan fingerprint density at radius 2 is 1.26 bits per heavy atom. The molecule has 0 atom stereocenters. The minimum absolute atomic E-state index is 0.0218. The Kier molecular flexibility index (Phi) is 6.08. The molecule has 0 saturated carbocycles. The number of benzene rings is 3. The van der Waals surface area contributed by atoms with Gasteiger partial charge in [0.25, 0.3) is 5.91 Å². The molecule has 1 aliphatic rings. The van der Waals surface area contributed by atoms with Crippen molar-refractivity contribution in [2.24, 2.45) is 0 Å². The van der Waals surface area contributed by atoms with Crippen LogP contribution < -0.4 is 4.74 Å². The molecule has 0 aromatic heterocycles. The average molecular weight is 409 g/mol. The number of hydrogen-bond donors (Lipinski definition) is 0. The fourth-order valence-electron chi connectivity index (χ4n) is 3.60. The van der Waals surface area contributed by atoms with Gasteiger partial charge in [-0.1, -0.05) is 60.7 Å². The van der Waals surface area contributed by atoms with Crippen molar-refractivity contribution in [1.82, 2.24) is 4.90 Å². The predicted molar refractivity (Wildman–Crippen MR) is 123 cm³/mol. The van der Waals surface area contributed by atoms with Crippen LogP contribution in [-0.4, -0.2) is 36.8 Å². The molecule has 1 amide bonds. The molecule has 1 aliphatic heterocycles. The Balaban J connectivity index is 1.69.